The Kier molecular flexibility index (Phi) is 36.4. The Morgan fingerprint density at radius 3 is 1.68 bits per heavy atom. The molecule has 0 heterocycles. The Morgan fingerprint density at radius 2 is 1.10 bits per heavy atom. The molecule has 0 amide bonds. The van der Waals surface area contributed by atoms with Crippen molar-refractivity contribution in [2.75, 3.05) is 13.2 Å². The largest absolute Gasteiger partial charge is 0.463 e. The second-order valence-electron chi connectivity index (χ2n) is 14.2. The van der Waals surface area contributed by atoms with Gasteiger partial charge in [0.15, 0.2) is 0 Å². The van der Waals surface area contributed by atoms with Gasteiger partial charge in [-0.2, -0.15) is 0 Å². The summed E-state index contributed by atoms with van der Waals surface area (Å²) in [5.41, 5.74) is 0. The third-order valence-electron chi connectivity index (χ3n) is 9.19. The third-order valence-corrected chi connectivity index (χ3v) is 9.19. The summed E-state index contributed by atoms with van der Waals surface area (Å²) in [4.78, 5) is 23.9. The smallest absolute Gasteiger partial charge is 0.305 e. The van der Waals surface area contributed by atoms with Gasteiger partial charge in [0.25, 0.3) is 0 Å². The van der Waals surface area contributed by atoms with Crippen molar-refractivity contribution >= 4 is 11.9 Å². The second-order valence-corrected chi connectivity index (χ2v) is 14.2. The first-order valence-electron chi connectivity index (χ1n) is 20.7. The number of esters is 2. The molecule has 1 unspecified atom stereocenters. The predicted octanol–water partition coefficient (Wildman–Crippen LogP) is 11.8. The van der Waals surface area contributed by atoms with Gasteiger partial charge >= 0.3 is 11.9 Å². The highest BCUT2D eigenvalue weighted by Crippen LogP contribution is 2.16. The van der Waals surface area contributed by atoms with Gasteiger partial charge in [-0.1, -0.05) is 179 Å². The van der Waals surface area contributed by atoms with E-state index in [0.29, 0.717) is 19.3 Å². The van der Waals surface area contributed by atoms with Gasteiger partial charge in [0.05, 0.1) is 6.10 Å². The monoisotopic (exact) mass is 703 g/mol. The van der Waals surface area contributed by atoms with Gasteiger partial charge in [0.1, 0.15) is 19.3 Å². The van der Waals surface area contributed by atoms with Crippen molar-refractivity contribution in [2.45, 2.75) is 200 Å². The van der Waals surface area contributed by atoms with Gasteiger partial charge in [-0.25, -0.2) is 0 Å². The number of aliphatic hydroxyl groups is 2. The standard InChI is InChI=1S/C44H78O6/c1-4-6-7-8-18-24-29-34-41(45)35-30-25-20-17-22-27-32-37-44(48)50-39-42(46)38-49-43(47)36-31-26-21-16-14-12-10-9-11-13-15-19-23-28-33-40(3)5-2/h17-18,22,24-25,29-30,34,40-42,45-46H,4-16,19-21,23,26-28,31-33,35-39H2,1-3H3/b22-17+,24-18-,30-25-,34-29-/t40?,41-,42-/m1/s1. The van der Waals surface area contributed by atoms with Crippen LogP contribution in [0, 0.1) is 5.92 Å². The summed E-state index contributed by atoms with van der Waals surface area (Å²) in [6, 6.07) is 0. The first-order valence-corrected chi connectivity index (χ1v) is 20.7. The van der Waals surface area contributed by atoms with Gasteiger partial charge in [-0.05, 0) is 50.9 Å². The zero-order valence-electron chi connectivity index (χ0n) is 32.7. The Morgan fingerprint density at radius 1 is 0.580 bits per heavy atom. The van der Waals surface area contributed by atoms with Crippen molar-refractivity contribution in [1.29, 1.82) is 0 Å². The van der Waals surface area contributed by atoms with Crippen molar-refractivity contribution in [3.05, 3.63) is 48.6 Å². The number of unbranched alkanes of at least 4 members (excludes halogenated alkanes) is 17. The molecule has 0 saturated heterocycles. The summed E-state index contributed by atoms with van der Waals surface area (Å²) < 4.78 is 10.3. The molecule has 0 radical (unpaired) electrons. The lowest BCUT2D eigenvalue weighted by Gasteiger charge is -2.12. The van der Waals surface area contributed by atoms with Gasteiger partial charge in [0.2, 0.25) is 0 Å². The molecule has 50 heavy (non-hydrogen) atoms. The quantitative estimate of drug-likeness (QED) is 0.0292. The fourth-order valence-electron chi connectivity index (χ4n) is 5.61. The normalized spacial score (nSPS) is 13.9. The lowest BCUT2D eigenvalue weighted by molar-refractivity contribution is -0.152. The van der Waals surface area contributed by atoms with Gasteiger partial charge in [-0.15, -0.1) is 0 Å². The van der Waals surface area contributed by atoms with Crippen LogP contribution in [-0.2, 0) is 19.1 Å². The zero-order valence-corrected chi connectivity index (χ0v) is 32.7. The fraction of sp³-hybridized carbons (Fsp3) is 0.773. The maximum Gasteiger partial charge on any atom is 0.305 e. The van der Waals surface area contributed by atoms with Crippen molar-refractivity contribution in [2.24, 2.45) is 5.92 Å². The van der Waals surface area contributed by atoms with Crippen molar-refractivity contribution in [3.8, 4) is 0 Å². The van der Waals surface area contributed by atoms with E-state index in [2.05, 4.69) is 26.8 Å². The van der Waals surface area contributed by atoms with E-state index in [-0.39, 0.29) is 31.6 Å². The molecule has 2 N–H and O–H groups in total. The molecule has 0 aromatic carbocycles. The van der Waals surface area contributed by atoms with E-state index < -0.39 is 12.2 Å². The minimum absolute atomic E-state index is 0.149. The van der Waals surface area contributed by atoms with Crippen molar-refractivity contribution < 1.29 is 29.3 Å². The zero-order chi connectivity index (χ0) is 36.8. The van der Waals surface area contributed by atoms with Crippen LogP contribution in [-0.4, -0.2) is 47.6 Å². The molecule has 0 aromatic rings. The maximum atomic E-state index is 12.0. The van der Waals surface area contributed by atoms with Crippen LogP contribution in [0.3, 0.4) is 0 Å². The van der Waals surface area contributed by atoms with Crippen LogP contribution in [0.5, 0.6) is 0 Å². The summed E-state index contributed by atoms with van der Waals surface area (Å²) in [5.74, 6) is 0.230. The van der Waals surface area contributed by atoms with Crippen molar-refractivity contribution in [1.82, 2.24) is 0 Å². The van der Waals surface area contributed by atoms with E-state index in [4.69, 9.17) is 9.47 Å². The highest BCUT2D eigenvalue weighted by molar-refractivity contribution is 5.69. The van der Waals surface area contributed by atoms with E-state index in [1.165, 1.54) is 103 Å². The molecular formula is C44H78O6. The first-order chi connectivity index (χ1) is 24.4. The Hall–Kier alpha value is -2.18. The van der Waals surface area contributed by atoms with Crippen LogP contribution in [0.2, 0.25) is 0 Å². The number of aliphatic hydroxyl groups excluding tert-OH is 2. The van der Waals surface area contributed by atoms with Crippen LogP contribution < -0.4 is 0 Å². The topological polar surface area (TPSA) is 93.1 Å². The molecule has 0 fully saturated rings. The van der Waals surface area contributed by atoms with Crippen LogP contribution in [0.25, 0.3) is 0 Å². The van der Waals surface area contributed by atoms with Crippen LogP contribution in [0.4, 0.5) is 0 Å². The minimum Gasteiger partial charge on any atom is -0.463 e. The Labute approximate surface area is 308 Å². The van der Waals surface area contributed by atoms with Gasteiger partial charge < -0.3 is 19.7 Å². The number of allylic oxidation sites excluding steroid dienone is 6. The van der Waals surface area contributed by atoms with Crippen molar-refractivity contribution in [3.63, 3.8) is 0 Å². The summed E-state index contributed by atoms with van der Waals surface area (Å²) in [5, 5.41) is 20.0. The summed E-state index contributed by atoms with van der Waals surface area (Å²) >= 11 is 0. The van der Waals surface area contributed by atoms with E-state index in [9.17, 15) is 19.8 Å². The lowest BCUT2D eigenvalue weighted by atomic mass is 9.99. The summed E-state index contributed by atoms with van der Waals surface area (Å²) in [6.45, 7) is 6.54. The summed E-state index contributed by atoms with van der Waals surface area (Å²) in [7, 11) is 0. The molecule has 0 aromatic heterocycles. The molecule has 0 rings (SSSR count). The lowest BCUT2D eigenvalue weighted by Crippen LogP contribution is -2.25. The number of carbonyl (C=O) groups excluding carboxylic acids is 2. The molecule has 0 spiro atoms. The Bertz CT molecular complexity index is 876. The molecule has 0 aliphatic carbocycles. The van der Waals surface area contributed by atoms with E-state index in [1.807, 2.05) is 42.5 Å². The number of ether oxygens (including phenoxy) is 2. The molecule has 6 nitrogen and oxygen atoms in total. The van der Waals surface area contributed by atoms with E-state index in [1.54, 1.807) is 0 Å². The van der Waals surface area contributed by atoms with Crippen LogP contribution >= 0.6 is 0 Å². The Balaban J connectivity index is 3.57. The fourth-order valence-corrected chi connectivity index (χ4v) is 5.61. The highest BCUT2D eigenvalue weighted by atomic mass is 16.6. The number of carbonyl (C=O) groups is 2. The maximum absolute atomic E-state index is 12.0. The molecular weight excluding hydrogens is 624 g/mol. The predicted molar refractivity (Wildman–Crippen MR) is 211 cm³/mol. The second kappa shape index (κ2) is 38.1. The SMILES string of the molecule is CCCCC/C=C\C=C/[C@@H](O)C/C=C\C/C=C/CCCC(=O)OC[C@H](O)COC(=O)CCCCCCCCCCCCCCCCC(C)CC. The summed E-state index contributed by atoms with van der Waals surface area (Å²) in [6.07, 6.45) is 43.3. The van der Waals surface area contributed by atoms with E-state index in [0.717, 1.165) is 44.4 Å². The molecule has 0 aliphatic heterocycles. The molecule has 0 aliphatic rings. The van der Waals surface area contributed by atoms with E-state index >= 15 is 0 Å². The molecule has 0 saturated carbocycles. The minimum atomic E-state index is -1.00. The average Bonchev–Trinajstić information content (AvgIpc) is 3.11. The molecule has 290 valence electrons. The van der Waals surface area contributed by atoms with Crippen LogP contribution in [0.1, 0.15) is 188 Å². The third kappa shape index (κ3) is 37.1. The van der Waals surface area contributed by atoms with Crippen LogP contribution in [0.15, 0.2) is 48.6 Å². The number of hydrogen-bond acceptors (Lipinski definition) is 6. The molecule has 6 heteroatoms. The van der Waals surface area contributed by atoms with Gasteiger partial charge in [0, 0.05) is 12.8 Å². The molecule has 0 bridgehead atoms. The number of hydrogen-bond donors (Lipinski definition) is 2. The average molecular weight is 703 g/mol. The molecule has 3 atom stereocenters. The van der Waals surface area contributed by atoms with Gasteiger partial charge in [-0.3, -0.25) is 9.59 Å². The first kappa shape index (κ1) is 47.8. The number of rotatable bonds is 36. The highest BCUT2D eigenvalue weighted by Gasteiger charge is 2.12.